The summed E-state index contributed by atoms with van der Waals surface area (Å²) in [5.74, 6) is 1.29. The quantitative estimate of drug-likeness (QED) is 0.743. The summed E-state index contributed by atoms with van der Waals surface area (Å²) in [6.07, 6.45) is 2.48. The summed E-state index contributed by atoms with van der Waals surface area (Å²) in [5.41, 5.74) is 1.64. The van der Waals surface area contributed by atoms with Gasteiger partial charge in [-0.3, -0.25) is 0 Å². The van der Waals surface area contributed by atoms with Crippen molar-refractivity contribution in [2.75, 3.05) is 0 Å². The summed E-state index contributed by atoms with van der Waals surface area (Å²) < 4.78 is 12.6. The van der Waals surface area contributed by atoms with Gasteiger partial charge in [0, 0.05) is 5.46 Å². The van der Waals surface area contributed by atoms with Crippen LogP contribution in [0.2, 0.25) is 0 Å². The van der Waals surface area contributed by atoms with Crippen LogP contribution in [0.15, 0.2) is 24.3 Å². The molecule has 3 aliphatic carbocycles. The van der Waals surface area contributed by atoms with E-state index in [-0.39, 0.29) is 11.7 Å². The lowest BCUT2D eigenvalue weighted by Gasteiger charge is -2.64. The van der Waals surface area contributed by atoms with E-state index in [2.05, 4.69) is 26.8 Å². The summed E-state index contributed by atoms with van der Waals surface area (Å²) in [6.45, 7) is 6.91. The van der Waals surface area contributed by atoms with Gasteiger partial charge in [0.2, 0.25) is 0 Å². The van der Waals surface area contributed by atoms with Crippen molar-refractivity contribution in [1.29, 1.82) is 5.26 Å². The van der Waals surface area contributed by atoms with Gasteiger partial charge in [-0.05, 0) is 43.1 Å². The Hall–Kier alpha value is -1.31. The molecule has 1 aromatic rings. The van der Waals surface area contributed by atoms with E-state index in [1.165, 1.54) is 6.42 Å². The first kappa shape index (κ1) is 13.4. The average Bonchev–Trinajstić information content (AvgIpc) is 2.83. The van der Waals surface area contributed by atoms with Crippen molar-refractivity contribution in [1.82, 2.24) is 0 Å². The molecule has 4 heteroatoms. The van der Waals surface area contributed by atoms with Crippen LogP contribution in [0.4, 0.5) is 0 Å². The second-order valence-corrected chi connectivity index (χ2v) is 7.50. The van der Waals surface area contributed by atoms with E-state index in [4.69, 9.17) is 9.31 Å². The molecule has 4 aliphatic rings. The highest BCUT2D eigenvalue weighted by atomic mass is 16.7. The molecule has 4 fully saturated rings. The molecule has 0 unspecified atom stereocenters. The lowest BCUT2D eigenvalue weighted by molar-refractivity contribution is -0.199. The van der Waals surface area contributed by atoms with Gasteiger partial charge in [0.15, 0.2) is 0 Å². The Bertz CT molecular complexity index is 638. The zero-order valence-electron chi connectivity index (χ0n) is 12.8. The SMILES string of the molecule is CC1(C)[C@@H]2C[C@H]3OB(c4ccccc4C#N)O[C@@]3(C)[C@H]1C2. The third-order valence-electron chi connectivity index (χ3n) is 6.28. The van der Waals surface area contributed by atoms with E-state index in [0.29, 0.717) is 16.9 Å². The topological polar surface area (TPSA) is 42.2 Å². The zero-order chi connectivity index (χ0) is 14.8. The van der Waals surface area contributed by atoms with E-state index < -0.39 is 7.12 Å². The van der Waals surface area contributed by atoms with Crippen LogP contribution in [-0.4, -0.2) is 18.8 Å². The Morgan fingerprint density at radius 1 is 1.24 bits per heavy atom. The molecule has 0 N–H and O–H groups in total. The highest BCUT2D eigenvalue weighted by Gasteiger charge is 2.68. The van der Waals surface area contributed by atoms with Gasteiger partial charge in [0.25, 0.3) is 0 Å². The van der Waals surface area contributed by atoms with Gasteiger partial charge in [-0.15, -0.1) is 0 Å². The van der Waals surface area contributed by atoms with Crippen molar-refractivity contribution in [3.8, 4) is 6.07 Å². The maximum atomic E-state index is 9.28. The maximum absolute atomic E-state index is 9.28. The van der Waals surface area contributed by atoms with Gasteiger partial charge in [-0.2, -0.15) is 5.26 Å². The molecule has 3 saturated carbocycles. The molecule has 21 heavy (non-hydrogen) atoms. The number of benzene rings is 1. The molecule has 5 rings (SSSR count). The van der Waals surface area contributed by atoms with E-state index in [1.54, 1.807) is 0 Å². The number of nitriles is 1. The Balaban J connectivity index is 1.67. The first-order chi connectivity index (χ1) is 9.96. The van der Waals surface area contributed by atoms with Gasteiger partial charge >= 0.3 is 7.12 Å². The smallest absolute Gasteiger partial charge is 0.401 e. The number of nitrogens with zero attached hydrogens (tertiary/aromatic N) is 1. The molecule has 4 atom stereocenters. The van der Waals surface area contributed by atoms with Gasteiger partial charge in [-0.1, -0.05) is 32.0 Å². The molecular weight excluding hydrogens is 261 g/mol. The van der Waals surface area contributed by atoms with Crippen molar-refractivity contribution >= 4 is 12.6 Å². The minimum Gasteiger partial charge on any atom is -0.401 e. The third-order valence-corrected chi connectivity index (χ3v) is 6.28. The van der Waals surface area contributed by atoms with Crippen LogP contribution >= 0.6 is 0 Å². The lowest BCUT2D eigenvalue weighted by atomic mass is 9.43. The fraction of sp³-hybridized carbons (Fsp3) is 0.588. The van der Waals surface area contributed by atoms with Crippen LogP contribution in [0.1, 0.15) is 39.2 Å². The predicted molar refractivity (Wildman–Crippen MR) is 80.9 cm³/mol. The Kier molecular flexibility index (Phi) is 2.62. The summed E-state index contributed by atoms with van der Waals surface area (Å²) in [7, 11) is -0.397. The molecule has 1 aliphatic heterocycles. The second-order valence-electron chi connectivity index (χ2n) is 7.50. The molecule has 1 saturated heterocycles. The largest absolute Gasteiger partial charge is 0.496 e. The van der Waals surface area contributed by atoms with Crippen LogP contribution < -0.4 is 5.46 Å². The summed E-state index contributed by atoms with van der Waals surface area (Å²) >= 11 is 0. The van der Waals surface area contributed by atoms with E-state index >= 15 is 0 Å². The molecular formula is C17H20BNO2. The van der Waals surface area contributed by atoms with Gasteiger partial charge in [-0.25, -0.2) is 0 Å². The minimum absolute atomic E-state index is 0.158. The first-order valence-corrected chi connectivity index (χ1v) is 7.79. The fourth-order valence-corrected chi connectivity index (χ4v) is 4.80. The Labute approximate surface area is 126 Å². The predicted octanol–water partition coefficient (Wildman–Crippen LogP) is 2.49. The molecule has 1 heterocycles. The minimum atomic E-state index is -0.397. The molecule has 0 aromatic heterocycles. The van der Waals surface area contributed by atoms with Crippen molar-refractivity contribution in [3.05, 3.63) is 29.8 Å². The second kappa shape index (κ2) is 4.12. The van der Waals surface area contributed by atoms with Crippen LogP contribution in [0.3, 0.4) is 0 Å². The molecule has 1 aromatic carbocycles. The summed E-state index contributed by atoms with van der Waals surface area (Å²) in [4.78, 5) is 0. The molecule has 3 nitrogen and oxygen atoms in total. The van der Waals surface area contributed by atoms with Crippen LogP contribution in [0.25, 0.3) is 0 Å². The molecule has 0 radical (unpaired) electrons. The van der Waals surface area contributed by atoms with Crippen molar-refractivity contribution in [2.45, 2.75) is 45.3 Å². The van der Waals surface area contributed by atoms with Crippen LogP contribution in [0, 0.1) is 28.6 Å². The zero-order valence-corrected chi connectivity index (χ0v) is 12.8. The van der Waals surface area contributed by atoms with Gasteiger partial charge in [0.1, 0.15) is 0 Å². The molecule has 0 spiro atoms. The van der Waals surface area contributed by atoms with Crippen LogP contribution in [0.5, 0.6) is 0 Å². The van der Waals surface area contributed by atoms with E-state index in [0.717, 1.165) is 17.8 Å². The fourth-order valence-electron chi connectivity index (χ4n) is 4.80. The van der Waals surface area contributed by atoms with Crippen molar-refractivity contribution in [3.63, 3.8) is 0 Å². The summed E-state index contributed by atoms with van der Waals surface area (Å²) in [6, 6.07) is 9.84. The van der Waals surface area contributed by atoms with Gasteiger partial charge < -0.3 is 9.31 Å². The van der Waals surface area contributed by atoms with Crippen LogP contribution in [-0.2, 0) is 9.31 Å². The Morgan fingerprint density at radius 2 is 2.00 bits per heavy atom. The molecule has 2 bridgehead atoms. The van der Waals surface area contributed by atoms with Crippen molar-refractivity contribution < 1.29 is 9.31 Å². The number of rotatable bonds is 1. The van der Waals surface area contributed by atoms with Crippen molar-refractivity contribution in [2.24, 2.45) is 17.3 Å². The first-order valence-electron chi connectivity index (χ1n) is 7.79. The Morgan fingerprint density at radius 3 is 2.71 bits per heavy atom. The van der Waals surface area contributed by atoms with E-state index in [9.17, 15) is 5.26 Å². The molecule has 108 valence electrons. The summed E-state index contributed by atoms with van der Waals surface area (Å²) in [5, 5.41) is 9.28. The third kappa shape index (κ3) is 1.62. The maximum Gasteiger partial charge on any atom is 0.496 e. The highest BCUT2D eigenvalue weighted by Crippen LogP contribution is 2.65. The monoisotopic (exact) mass is 281 g/mol. The normalized spacial score (nSPS) is 39.3. The lowest BCUT2D eigenvalue weighted by Crippen LogP contribution is -2.65. The molecule has 0 amide bonds. The number of hydrogen-bond acceptors (Lipinski definition) is 3. The standard InChI is InChI=1S/C17H20BNO2/c1-16(2)12-8-14(16)17(3)15(9-12)20-18(21-17)13-7-5-4-6-11(13)10-19/h4-7,12,14-15H,8-9H2,1-3H3/t12-,14-,15+,17-/m0/s1. The average molecular weight is 281 g/mol. The highest BCUT2D eigenvalue weighted by molar-refractivity contribution is 6.62. The van der Waals surface area contributed by atoms with Gasteiger partial charge in [0.05, 0.1) is 23.3 Å². The number of hydrogen-bond donors (Lipinski definition) is 0. The van der Waals surface area contributed by atoms with E-state index in [1.807, 2.05) is 24.3 Å².